The number of hydrogen-bond acceptors (Lipinski definition) is 2. The van der Waals surface area contributed by atoms with Crippen LogP contribution in [0.15, 0.2) is 18.2 Å². The number of nitrogens with zero attached hydrogens (tertiary/aromatic N) is 1. The van der Waals surface area contributed by atoms with Gasteiger partial charge in [0.2, 0.25) is 5.91 Å². The highest BCUT2D eigenvalue weighted by Crippen LogP contribution is 2.31. The van der Waals surface area contributed by atoms with Gasteiger partial charge in [-0.05, 0) is 25.1 Å². The summed E-state index contributed by atoms with van der Waals surface area (Å²) in [6.07, 6.45) is 0. The standard InChI is InChI=1S/C11H10FIN2OS/c1-6-3-8-4-9(12)10(14-7(2)16)5-11(8)15(6)17-13/h3-5H,1-2H3,(H,14,16). The van der Waals surface area contributed by atoms with Crippen LogP contribution < -0.4 is 5.32 Å². The Hall–Kier alpha value is -0.760. The summed E-state index contributed by atoms with van der Waals surface area (Å²) in [6.45, 7) is 3.32. The van der Waals surface area contributed by atoms with Crippen LogP contribution in [0.25, 0.3) is 10.9 Å². The quantitative estimate of drug-likeness (QED) is 0.821. The normalized spacial score (nSPS) is 10.8. The van der Waals surface area contributed by atoms with E-state index < -0.39 is 5.82 Å². The molecule has 0 bridgehead atoms. The van der Waals surface area contributed by atoms with E-state index in [2.05, 4.69) is 26.5 Å². The second-order valence-corrected chi connectivity index (χ2v) is 5.41. The van der Waals surface area contributed by atoms with Gasteiger partial charge in [0.25, 0.3) is 0 Å². The molecule has 1 aromatic heterocycles. The lowest BCUT2D eigenvalue weighted by Gasteiger charge is -2.06. The van der Waals surface area contributed by atoms with Crippen LogP contribution in [0.1, 0.15) is 12.6 Å². The number of hydrogen-bond donors (Lipinski definition) is 1. The molecule has 0 aliphatic carbocycles. The van der Waals surface area contributed by atoms with Crippen molar-refractivity contribution < 1.29 is 9.18 Å². The largest absolute Gasteiger partial charge is 0.324 e. The number of aryl methyl sites for hydroxylation is 1. The Morgan fingerprint density at radius 2 is 2.18 bits per heavy atom. The number of carbonyl (C=O) groups excluding carboxylic acids is 1. The SMILES string of the molecule is CC(=O)Nc1cc2c(cc1F)cc(C)n2SI. The number of amides is 1. The van der Waals surface area contributed by atoms with Gasteiger partial charge in [0.1, 0.15) is 5.82 Å². The van der Waals surface area contributed by atoms with E-state index in [4.69, 9.17) is 0 Å². The minimum absolute atomic E-state index is 0.217. The van der Waals surface area contributed by atoms with Gasteiger partial charge >= 0.3 is 0 Å². The molecule has 90 valence electrons. The van der Waals surface area contributed by atoms with Gasteiger partial charge in [0, 0.05) is 48.3 Å². The molecule has 2 aromatic rings. The molecule has 2 rings (SSSR count). The average Bonchev–Trinajstić information content (AvgIpc) is 2.53. The van der Waals surface area contributed by atoms with Crippen LogP contribution in [0.5, 0.6) is 0 Å². The first-order valence-electron chi connectivity index (χ1n) is 4.91. The maximum Gasteiger partial charge on any atom is 0.221 e. The first kappa shape index (κ1) is 12.7. The number of nitrogens with one attached hydrogen (secondary N) is 1. The molecule has 0 unspecified atom stereocenters. The molecule has 3 nitrogen and oxygen atoms in total. The average molecular weight is 364 g/mol. The minimum Gasteiger partial charge on any atom is -0.324 e. The van der Waals surface area contributed by atoms with Crippen molar-refractivity contribution >= 4 is 52.8 Å². The molecule has 17 heavy (non-hydrogen) atoms. The summed E-state index contributed by atoms with van der Waals surface area (Å²) in [5.74, 6) is -0.691. The third-order valence-corrected chi connectivity index (χ3v) is 4.20. The van der Waals surface area contributed by atoms with Crippen LogP contribution in [0.2, 0.25) is 0 Å². The van der Waals surface area contributed by atoms with Crippen LogP contribution in [0.4, 0.5) is 10.1 Å². The predicted octanol–water partition coefficient (Wildman–Crippen LogP) is 3.89. The summed E-state index contributed by atoms with van der Waals surface area (Å²) < 4.78 is 15.7. The van der Waals surface area contributed by atoms with Crippen LogP contribution in [-0.2, 0) is 4.79 Å². The smallest absolute Gasteiger partial charge is 0.221 e. The molecule has 1 aromatic carbocycles. The highest BCUT2D eigenvalue weighted by molar-refractivity contribution is 14.2. The van der Waals surface area contributed by atoms with Crippen LogP contribution in [-0.4, -0.2) is 9.88 Å². The summed E-state index contributed by atoms with van der Waals surface area (Å²) >= 11 is 2.17. The number of aromatic nitrogens is 1. The van der Waals surface area contributed by atoms with Gasteiger partial charge in [0.05, 0.1) is 11.2 Å². The number of carbonyl (C=O) groups is 1. The Bertz CT molecular complexity index is 597. The van der Waals surface area contributed by atoms with Gasteiger partial charge in [-0.25, -0.2) is 4.39 Å². The van der Waals surface area contributed by atoms with E-state index in [0.717, 1.165) is 16.6 Å². The van der Waals surface area contributed by atoms with E-state index in [9.17, 15) is 9.18 Å². The topological polar surface area (TPSA) is 34.0 Å². The fourth-order valence-corrected chi connectivity index (χ4v) is 3.68. The zero-order chi connectivity index (χ0) is 12.6. The Labute approximate surface area is 114 Å². The molecule has 0 spiro atoms. The van der Waals surface area contributed by atoms with E-state index in [1.165, 1.54) is 22.1 Å². The molecule has 1 heterocycles. The lowest BCUT2D eigenvalue weighted by Crippen LogP contribution is -2.07. The van der Waals surface area contributed by atoms with Crippen molar-refractivity contribution in [1.82, 2.24) is 3.97 Å². The summed E-state index contributed by atoms with van der Waals surface area (Å²) in [5.41, 5.74) is 2.15. The Morgan fingerprint density at radius 1 is 1.47 bits per heavy atom. The van der Waals surface area contributed by atoms with E-state index in [0.29, 0.717) is 0 Å². The summed E-state index contributed by atoms with van der Waals surface area (Å²) in [6, 6.07) is 5.02. The van der Waals surface area contributed by atoms with E-state index in [-0.39, 0.29) is 11.6 Å². The molecule has 0 aliphatic rings. The van der Waals surface area contributed by atoms with Gasteiger partial charge < -0.3 is 5.32 Å². The molecule has 1 N–H and O–H groups in total. The lowest BCUT2D eigenvalue weighted by atomic mass is 10.2. The molecular weight excluding hydrogens is 354 g/mol. The summed E-state index contributed by atoms with van der Waals surface area (Å²) in [5, 5.41) is 3.32. The van der Waals surface area contributed by atoms with E-state index in [1.54, 1.807) is 6.07 Å². The predicted molar refractivity (Wildman–Crippen MR) is 77.9 cm³/mol. The molecular formula is C11H10FIN2OS. The number of halogens is 2. The molecule has 1 amide bonds. The number of benzene rings is 1. The lowest BCUT2D eigenvalue weighted by molar-refractivity contribution is -0.114. The van der Waals surface area contributed by atoms with Crippen molar-refractivity contribution in [3.8, 4) is 0 Å². The summed E-state index contributed by atoms with van der Waals surface area (Å²) in [7, 11) is 1.52. The third-order valence-electron chi connectivity index (χ3n) is 2.40. The van der Waals surface area contributed by atoms with Crippen LogP contribution >= 0.6 is 30.3 Å². The molecule has 0 saturated carbocycles. The molecule has 0 atom stereocenters. The van der Waals surface area contributed by atoms with Crippen molar-refractivity contribution in [3.63, 3.8) is 0 Å². The van der Waals surface area contributed by atoms with Crippen molar-refractivity contribution in [2.24, 2.45) is 0 Å². The van der Waals surface area contributed by atoms with Crippen LogP contribution in [0.3, 0.4) is 0 Å². The second-order valence-electron chi connectivity index (χ2n) is 3.72. The van der Waals surface area contributed by atoms with Gasteiger partial charge in [-0.2, -0.15) is 0 Å². The molecule has 0 saturated heterocycles. The highest BCUT2D eigenvalue weighted by atomic mass is 127. The fraction of sp³-hybridized carbons (Fsp3) is 0.182. The van der Waals surface area contributed by atoms with Crippen molar-refractivity contribution in [3.05, 3.63) is 29.7 Å². The monoisotopic (exact) mass is 364 g/mol. The zero-order valence-electron chi connectivity index (χ0n) is 9.25. The second kappa shape index (κ2) is 4.85. The van der Waals surface area contributed by atoms with Gasteiger partial charge in [0.15, 0.2) is 0 Å². The Balaban J connectivity index is 2.64. The molecule has 0 fully saturated rings. The van der Waals surface area contributed by atoms with Crippen LogP contribution in [0, 0.1) is 12.7 Å². The maximum absolute atomic E-state index is 13.7. The molecule has 0 radical (unpaired) electrons. The number of rotatable bonds is 2. The number of fused-ring (bicyclic) bond motifs is 1. The van der Waals surface area contributed by atoms with E-state index >= 15 is 0 Å². The van der Waals surface area contributed by atoms with Crippen molar-refractivity contribution in [2.45, 2.75) is 13.8 Å². The van der Waals surface area contributed by atoms with Gasteiger partial charge in [-0.1, -0.05) is 0 Å². The molecule has 6 heteroatoms. The van der Waals surface area contributed by atoms with Gasteiger partial charge in [-0.15, -0.1) is 0 Å². The first-order valence-corrected chi connectivity index (χ1v) is 8.23. The van der Waals surface area contributed by atoms with Crippen molar-refractivity contribution in [2.75, 3.05) is 5.32 Å². The third kappa shape index (κ3) is 2.42. The minimum atomic E-state index is -0.414. The fourth-order valence-electron chi connectivity index (χ4n) is 1.72. The van der Waals surface area contributed by atoms with Crippen molar-refractivity contribution in [1.29, 1.82) is 0 Å². The molecule has 0 aliphatic heterocycles. The Morgan fingerprint density at radius 3 is 2.76 bits per heavy atom. The Kier molecular flexibility index (Phi) is 3.62. The van der Waals surface area contributed by atoms with Gasteiger partial charge in [-0.3, -0.25) is 8.77 Å². The highest BCUT2D eigenvalue weighted by Gasteiger charge is 2.11. The summed E-state index contributed by atoms with van der Waals surface area (Å²) in [4.78, 5) is 11.0. The maximum atomic E-state index is 13.7. The van der Waals surface area contributed by atoms with E-state index in [1.807, 2.05) is 17.0 Å². The zero-order valence-corrected chi connectivity index (χ0v) is 12.2. The first-order chi connectivity index (χ1) is 8.02. The number of anilines is 1.